The van der Waals surface area contributed by atoms with Gasteiger partial charge in [0.1, 0.15) is 12.1 Å². The summed E-state index contributed by atoms with van der Waals surface area (Å²) in [4.78, 5) is 24.1. The molecular formula is C13H12N6O2. The monoisotopic (exact) mass is 284 g/mol. The van der Waals surface area contributed by atoms with E-state index in [0.29, 0.717) is 16.7 Å². The largest absolute Gasteiger partial charge is 0.308 e. The lowest BCUT2D eigenvalue weighted by Gasteiger charge is -2.04. The van der Waals surface area contributed by atoms with Gasteiger partial charge in [0.2, 0.25) is 5.91 Å². The SMILES string of the molecule is Cn1ccc(NC(=O)Cn2nnc3ccccc3c2=O)n1. The average Bonchev–Trinajstić information content (AvgIpc) is 2.87. The van der Waals surface area contributed by atoms with Gasteiger partial charge in [-0.3, -0.25) is 14.3 Å². The third-order valence-electron chi connectivity index (χ3n) is 2.90. The fourth-order valence-corrected chi connectivity index (χ4v) is 1.93. The van der Waals surface area contributed by atoms with E-state index in [1.165, 1.54) is 0 Å². The van der Waals surface area contributed by atoms with Crippen LogP contribution in [0.3, 0.4) is 0 Å². The number of carbonyl (C=O) groups is 1. The van der Waals surface area contributed by atoms with Crippen LogP contribution in [0.5, 0.6) is 0 Å². The number of amides is 1. The molecule has 1 N–H and O–H groups in total. The van der Waals surface area contributed by atoms with Gasteiger partial charge in [0.05, 0.1) is 5.39 Å². The summed E-state index contributed by atoms with van der Waals surface area (Å²) in [5.74, 6) is 0.0321. The standard InChI is InChI=1S/C13H12N6O2/c1-18-7-6-11(16-18)14-12(20)8-19-13(21)9-4-2-3-5-10(9)15-17-19/h2-7H,8H2,1H3,(H,14,16,20). The van der Waals surface area contributed by atoms with E-state index >= 15 is 0 Å². The molecule has 3 rings (SSSR count). The highest BCUT2D eigenvalue weighted by atomic mass is 16.2. The molecule has 0 aliphatic heterocycles. The summed E-state index contributed by atoms with van der Waals surface area (Å²) < 4.78 is 2.60. The molecule has 0 atom stereocenters. The highest BCUT2D eigenvalue weighted by molar-refractivity contribution is 5.89. The molecule has 0 unspecified atom stereocenters. The summed E-state index contributed by atoms with van der Waals surface area (Å²) in [7, 11) is 1.75. The first-order valence-electron chi connectivity index (χ1n) is 6.25. The first-order valence-corrected chi connectivity index (χ1v) is 6.25. The summed E-state index contributed by atoms with van der Waals surface area (Å²) in [5.41, 5.74) is 0.153. The third-order valence-corrected chi connectivity index (χ3v) is 2.90. The second kappa shape index (κ2) is 5.16. The van der Waals surface area contributed by atoms with Crippen molar-refractivity contribution < 1.29 is 4.79 Å². The fourth-order valence-electron chi connectivity index (χ4n) is 1.93. The summed E-state index contributed by atoms with van der Waals surface area (Å²) >= 11 is 0. The van der Waals surface area contributed by atoms with E-state index in [1.807, 2.05) is 0 Å². The molecular weight excluding hydrogens is 272 g/mol. The molecule has 21 heavy (non-hydrogen) atoms. The molecule has 0 fully saturated rings. The Kier molecular flexibility index (Phi) is 3.19. The first kappa shape index (κ1) is 13.0. The van der Waals surface area contributed by atoms with Crippen molar-refractivity contribution >= 4 is 22.6 Å². The topological polar surface area (TPSA) is 94.7 Å². The van der Waals surface area contributed by atoms with Crippen molar-refractivity contribution in [1.82, 2.24) is 24.8 Å². The van der Waals surface area contributed by atoms with Crippen molar-refractivity contribution in [2.24, 2.45) is 7.05 Å². The van der Waals surface area contributed by atoms with Gasteiger partial charge in [0, 0.05) is 19.3 Å². The van der Waals surface area contributed by atoms with Crippen LogP contribution in [0.4, 0.5) is 5.82 Å². The first-order chi connectivity index (χ1) is 10.1. The van der Waals surface area contributed by atoms with Gasteiger partial charge in [-0.1, -0.05) is 17.3 Å². The number of aryl methyl sites for hydroxylation is 1. The molecule has 2 heterocycles. The molecule has 0 bridgehead atoms. The van der Waals surface area contributed by atoms with Crippen LogP contribution in [0.2, 0.25) is 0 Å². The van der Waals surface area contributed by atoms with Crippen molar-refractivity contribution in [3.63, 3.8) is 0 Å². The Balaban J connectivity index is 1.83. The number of anilines is 1. The Morgan fingerprint density at radius 3 is 2.86 bits per heavy atom. The molecule has 106 valence electrons. The molecule has 1 aromatic carbocycles. The minimum atomic E-state index is -0.389. The Bertz CT molecular complexity index is 866. The molecule has 0 saturated heterocycles. The molecule has 3 aromatic rings. The summed E-state index contributed by atoms with van der Waals surface area (Å²) in [6.07, 6.45) is 1.71. The van der Waals surface area contributed by atoms with E-state index in [9.17, 15) is 9.59 Å². The molecule has 0 aliphatic rings. The summed E-state index contributed by atoms with van der Waals surface area (Å²) in [6.45, 7) is -0.215. The quantitative estimate of drug-likeness (QED) is 0.739. The van der Waals surface area contributed by atoms with Gasteiger partial charge in [-0.15, -0.1) is 5.10 Å². The second-order valence-corrected chi connectivity index (χ2v) is 4.49. The van der Waals surface area contributed by atoms with Gasteiger partial charge in [-0.05, 0) is 12.1 Å². The zero-order valence-corrected chi connectivity index (χ0v) is 11.2. The Labute approximate surface area is 119 Å². The molecule has 0 saturated carbocycles. The van der Waals surface area contributed by atoms with Crippen LogP contribution >= 0.6 is 0 Å². The molecule has 8 heteroatoms. The third kappa shape index (κ3) is 2.64. The lowest BCUT2D eigenvalue weighted by molar-refractivity contribution is -0.117. The highest BCUT2D eigenvalue weighted by Gasteiger charge is 2.10. The van der Waals surface area contributed by atoms with E-state index < -0.39 is 0 Å². The van der Waals surface area contributed by atoms with Gasteiger partial charge >= 0.3 is 0 Å². The van der Waals surface area contributed by atoms with Gasteiger partial charge in [-0.25, -0.2) is 4.68 Å². The maximum atomic E-state index is 12.2. The van der Waals surface area contributed by atoms with Gasteiger partial charge in [0.15, 0.2) is 5.82 Å². The number of fused-ring (bicyclic) bond motifs is 1. The minimum Gasteiger partial charge on any atom is -0.308 e. The van der Waals surface area contributed by atoms with E-state index in [0.717, 1.165) is 4.68 Å². The smallest absolute Gasteiger partial charge is 0.278 e. The zero-order valence-electron chi connectivity index (χ0n) is 11.2. The van der Waals surface area contributed by atoms with Crippen LogP contribution < -0.4 is 10.9 Å². The average molecular weight is 284 g/mol. The molecule has 0 radical (unpaired) electrons. The van der Waals surface area contributed by atoms with Crippen molar-refractivity contribution in [3.8, 4) is 0 Å². The van der Waals surface area contributed by atoms with E-state index in [2.05, 4.69) is 20.7 Å². The maximum absolute atomic E-state index is 12.2. The lowest BCUT2D eigenvalue weighted by Crippen LogP contribution is -2.30. The molecule has 0 aliphatic carbocycles. The van der Waals surface area contributed by atoms with Crippen molar-refractivity contribution in [2.45, 2.75) is 6.54 Å². The number of carbonyl (C=O) groups excluding carboxylic acids is 1. The molecule has 8 nitrogen and oxygen atoms in total. The number of nitrogens with one attached hydrogen (secondary N) is 1. The number of aromatic nitrogens is 5. The number of nitrogens with zero attached hydrogens (tertiary/aromatic N) is 5. The Morgan fingerprint density at radius 1 is 1.29 bits per heavy atom. The second-order valence-electron chi connectivity index (χ2n) is 4.49. The fraction of sp³-hybridized carbons (Fsp3) is 0.154. The van der Waals surface area contributed by atoms with Crippen LogP contribution in [0, 0.1) is 0 Å². The zero-order chi connectivity index (χ0) is 14.8. The lowest BCUT2D eigenvalue weighted by atomic mass is 10.2. The maximum Gasteiger partial charge on any atom is 0.278 e. The van der Waals surface area contributed by atoms with Crippen LogP contribution in [-0.4, -0.2) is 30.7 Å². The van der Waals surface area contributed by atoms with E-state index in [4.69, 9.17) is 0 Å². The van der Waals surface area contributed by atoms with Crippen LogP contribution in [0.1, 0.15) is 0 Å². The number of hydrogen-bond acceptors (Lipinski definition) is 5. The number of rotatable bonds is 3. The van der Waals surface area contributed by atoms with Gasteiger partial charge < -0.3 is 5.32 Å². The van der Waals surface area contributed by atoms with Crippen molar-refractivity contribution in [2.75, 3.05) is 5.32 Å². The van der Waals surface area contributed by atoms with Gasteiger partial charge in [0.25, 0.3) is 5.56 Å². The van der Waals surface area contributed by atoms with Crippen molar-refractivity contribution in [3.05, 3.63) is 46.9 Å². The Morgan fingerprint density at radius 2 is 2.10 bits per heavy atom. The van der Waals surface area contributed by atoms with E-state index in [-0.39, 0.29) is 18.0 Å². The highest BCUT2D eigenvalue weighted by Crippen LogP contribution is 2.04. The van der Waals surface area contributed by atoms with Gasteiger partial charge in [-0.2, -0.15) is 5.10 Å². The summed E-state index contributed by atoms with van der Waals surface area (Å²) in [6, 6.07) is 8.52. The Hall–Kier alpha value is -3.03. The van der Waals surface area contributed by atoms with Crippen LogP contribution in [0.25, 0.3) is 10.9 Å². The minimum absolute atomic E-state index is 0.215. The number of hydrogen-bond donors (Lipinski definition) is 1. The molecule has 0 spiro atoms. The van der Waals surface area contributed by atoms with Crippen LogP contribution in [-0.2, 0) is 18.4 Å². The molecule has 2 aromatic heterocycles. The predicted octanol–water partition coefficient (Wildman–Crippen LogP) is 0.164. The normalized spacial score (nSPS) is 10.7. The van der Waals surface area contributed by atoms with Crippen molar-refractivity contribution in [1.29, 1.82) is 0 Å². The van der Waals surface area contributed by atoms with Crippen LogP contribution in [0.15, 0.2) is 41.3 Å². The van der Waals surface area contributed by atoms with E-state index in [1.54, 1.807) is 48.3 Å². The summed E-state index contributed by atoms with van der Waals surface area (Å²) in [5, 5.41) is 14.7. The number of benzene rings is 1. The predicted molar refractivity (Wildman–Crippen MR) is 75.6 cm³/mol. The molecule has 1 amide bonds.